The summed E-state index contributed by atoms with van der Waals surface area (Å²) in [7, 11) is 0. The molecular weight excluding hydrogens is 382 g/mol. The molecule has 1 N–H and O–H groups in total. The molecule has 0 unspecified atom stereocenters. The number of hydrogen-bond donors (Lipinski definition) is 1. The Kier molecular flexibility index (Phi) is 4.82. The fourth-order valence-corrected chi connectivity index (χ4v) is 2.69. The van der Waals surface area contributed by atoms with Crippen LogP contribution in [0.1, 0.15) is 6.92 Å². The number of carbonyl (C=O) groups is 1. The summed E-state index contributed by atoms with van der Waals surface area (Å²) in [6.07, 6.45) is 1.53. The highest BCUT2D eigenvalue weighted by Gasteiger charge is 2.19. The molecular formula is C15H12BrN3O3S. The Bertz CT molecular complexity index is 787. The van der Waals surface area contributed by atoms with E-state index in [1.54, 1.807) is 19.1 Å². The number of carbonyl (C=O) groups excluding carboxylic acids is 1. The molecule has 3 rings (SSSR count). The molecule has 0 saturated carbocycles. The van der Waals surface area contributed by atoms with Gasteiger partial charge in [-0.15, -0.1) is 10.2 Å². The Labute approximate surface area is 144 Å². The van der Waals surface area contributed by atoms with E-state index in [0.717, 1.165) is 10.2 Å². The zero-order chi connectivity index (χ0) is 16.2. The van der Waals surface area contributed by atoms with Gasteiger partial charge in [-0.3, -0.25) is 4.79 Å². The van der Waals surface area contributed by atoms with Crippen molar-refractivity contribution in [2.24, 2.45) is 0 Å². The maximum atomic E-state index is 12.2. The van der Waals surface area contributed by atoms with Crippen LogP contribution in [0.5, 0.6) is 0 Å². The molecule has 0 fully saturated rings. The molecule has 0 aliphatic carbocycles. The topological polar surface area (TPSA) is 81.2 Å². The number of halogens is 1. The summed E-state index contributed by atoms with van der Waals surface area (Å²) in [6.45, 7) is 1.77. The number of thioether (sulfide) groups is 1. The third-order valence-electron chi connectivity index (χ3n) is 2.90. The normalized spacial score (nSPS) is 12.1. The lowest BCUT2D eigenvalue weighted by molar-refractivity contribution is -0.115. The van der Waals surface area contributed by atoms with Crippen LogP contribution >= 0.6 is 27.7 Å². The molecule has 6 nitrogen and oxygen atoms in total. The highest BCUT2D eigenvalue weighted by molar-refractivity contribution is 9.10. The van der Waals surface area contributed by atoms with Crippen LogP contribution in [0.3, 0.4) is 0 Å². The average Bonchev–Trinajstić information content (AvgIpc) is 3.20. The van der Waals surface area contributed by atoms with Gasteiger partial charge in [0.25, 0.3) is 11.1 Å². The predicted molar refractivity (Wildman–Crippen MR) is 90.1 cm³/mol. The molecule has 0 saturated heterocycles. The lowest BCUT2D eigenvalue weighted by atomic mass is 10.3. The van der Waals surface area contributed by atoms with Crippen LogP contribution in [0.2, 0.25) is 0 Å². The Balaban J connectivity index is 1.61. The van der Waals surface area contributed by atoms with Gasteiger partial charge in [0.2, 0.25) is 5.91 Å². The summed E-state index contributed by atoms with van der Waals surface area (Å²) in [6, 6.07) is 10.8. The van der Waals surface area contributed by atoms with E-state index in [4.69, 9.17) is 8.83 Å². The lowest BCUT2D eigenvalue weighted by Crippen LogP contribution is -2.22. The number of hydrogen-bond acceptors (Lipinski definition) is 6. The molecule has 0 spiro atoms. The van der Waals surface area contributed by atoms with Crippen molar-refractivity contribution < 1.29 is 13.6 Å². The van der Waals surface area contributed by atoms with Crippen molar-refractivity contribution in [1.29, 1.82) is 0 Å². The van der Waals surface area contributed by atoms with E-state index < -0.39 is 0 Å². The summed E-state index contributed by atoms with van der Waals surface area (Å²) in [4.78, 5) is 12.2. The molecule has 1 aromatic carbocycles. The smallest absolute Gasteiger partial charge is 0.284 e. The minimum absolute atomic E-state index is 0.143. The van der Waals surface area contributed by atoms with Crippen molar-refractivity contribution in [2.45, 2.75) is 17.4 Å². The van der Waals surface area contributed by atoms with Gasteiger partial charge >= 0.3 is 0 Å². The van der Waals surface area contributed by atoms with Crippen LogP contribution in [0.15, 0.2) is 61.2 Å². The average molecular weight is 394 g/mol. The van der Waals surface area contributed by atoms with Crippen LogP contribution in [0.4, 0.5) is 5.69 Å². The zero-order valence-electron chi connectivity index (χ0n) is 12.0. The molecule has 0 aliphatic heterocycles. The van der Waals surface area contributed by atoms with Crippen LogP contribution in [0, 0.1) is 0 Å². The molecule has 2 aromatic heterocycles. The molecule has 1 amide bonds. The summed E-state index contributed by atoms with van der Waals surface area (Å²) in [5, 5.41) is 10.6. The van der Waals surface area contributed by atoms with Crippen molar-refractivity contribution in [2.75, 3.05) is 5.32 Å². The molecule has 8 heteroatoms. The minimum Gasteiger partial charge on any atom is -0.459 e. The van der Waals surface area contributed by atoms with Gasteiger partial charge < -0.3 is 14.2 Å². The van der Waals surface area contributed by atoms with Crippen molar-refractivity contribution in [3.05, 3.63) is 47.1 Å². The number of furan rings is 1. The Morgan fingerprint density at radius 3 is 2.74 bits per heavy atom. The van der Waals surface area contributed by atoms with E-state index in [9.17, 15) is 4.79 Å². The third-order valence-corrected chi connectivity index (χ3v) is 4.36. The van der Waals surface area contributed by atoms with Crippen LogP contribution in [0.25, 0.3) is 11.7 Å². The monoisotopic (exact) mass is 393 g/mol. The van der Waals surface area contributed by atoms with Gasteiger partial charge in [0.15, 0.2) is 5.76 Å². The van der Waals surface area contributed by atoms with Gasteiger partial charge in [-0.1, -0.05) is 27.7 Å². The van der Waals surface area contributed by atoms with Gasteiger partial charge in [-0.25, -0.2) is 0 Å². The molecule has 118 valence electrons. The Morgan fingerprint density at radius 1 is 1.26 bits per heavy atom. The maximum Gasteiger partial charge on any atom is 0.284 e. The number of benzene rings is 1. The van der Waals surface area contributed by atoms with Crippen LogP contribution in [-0.4, -0.2) is 21.4 Å². The van der Waals surface area contributed by atoms with Crippen molar-refractivity contribution in [1.82, 2.24) is 10.2 Å². The van der Waals surface area contributed by atoms with E-state index in [2.05, 4.69) is 31.4 Å². The second-order valence-electron chi connectivity index (χ2n) is 4.61. The van der Waals surface area contributed by atoms with E-state index in [-0.39, 0.29) is 17.0 Å². The second-order valence-corrected chi connectivity index (χ2v) is 6.81. The maximum absolute atomic E-state index is 12.2. The Morgan fingerprint density at radius 2 is 2.04 bits per heavy atom. The first kappa shape index (κ1) is 15.8. The first-order valence-corrected chi connectivity index (χ1v) is 8.39. The predicted octanol–water partition coefficient (Wildman–Crippen LogP) is 4.21. The largest absolute Gasteiger partial charge is 0.459 e. The first-order valence-electron chi connectivity index (χ1n) is 6.72. The van der Waals surface area contributed by atoms with E-state index in [1.165, 1.54) is 18.0 Å². The third kappa shape index (κ3) is 4.02. The first-order chi connectivity index (χ1) is 11.1. The lowest BCUT2D eigenvalue weighted by Gasteiger charge is -2.09. The second kappa shape index (κ2) is 7.01. The van der Waals surface area contributed by atoms with Gasteiger partial charge in [0, 0.05) is 10.2 Å². The molecule has 2 heterocycles. The quantitative estimate of drug-likeness (QED) is 0.653. The summed E-state index contributed by atoms with van der Waals surface area (Å²) in [5.74, 6) is 0.643. The summed E-state index contributed by atoms with van der Waals surface area (Å²) in [5.41, 5.74) is 0.729. The number of nitrogens with one attached hydrogen (secondary N) is 1. The SMILES string of the molecule is C[C@@H](Sc1nnc(-c2ccco2)o1)C(=O)Nc1ccc(Br)cc1. The fraction of sp³-hybridized carbons (Fsp3) is 0.133. The van der Waals surface area contributed by atoms with Gasteiger partial charge in [-0.05, 0) is 43.3 Å². The van der Waals surface area contributed by atoms with Gasteiger partial charge in [-0.2, -0.15) is 0 Å². The van der Waals surface area contributed by atoms with Gasteiger partial charge in [0.1, 0.15) is 0 Å². The minimum atomic E-state index is -0.386. The summed E-state index contributed by atoms with van der Waals surface area (Å²) >= 11 is 4.54. The van der Waals surface area contributed by atoms with E-state index >= 15 is 0 Å². The standard InChI is InChI=1S/C15H12BrN3O3S/c1-9(13(20)17-11-6-4-10(16)5-7-11)23-15-19-18-14(22-15)12-3-2-8-21-12/h2-9H,1H3,(H,17,20)/t9-/m1/s1. The number of anilines is 1. The van der Waals surface area contributed by atoms with Gasteiger partial charge in [0.05, 0.1) is 11.5 Å². The number of aromatic nitrogens is 2. The number of nitrogens with zero attached hydrogens (tertiary/aromatic N) is 2. The summed E-state index contributed by atoms with van der Waals surface area (Å²) < 4.78 is 11.6. The van der Waals surface area contributed by atoms with Crippen LogP contribution in [-0.2, 0) is 4.79 Å². The zero-order valence-corrected chi connectivity index (χ0v) is 14.4. The van der Waals surface area contributed by atoms with Crippen molar-refractivity contribution in [3.63, 3.8) is 0 Å². The van der Waals surface area contributed by atoms with E-state index in [0.29, 0.717) is 11.0 Å². The molecule has 23 heavy (non-hydrogen) atoms. The molecule has 0 bridgehead atoms. The molecule has 3 aromatic rings. The highest BCUT2D eigenvalue weighted by atomic mass is 79.9. The fourth-order valence-electron chi connectivity index (χ4n) is 1.74. The van der Waals surface area contributed by atoms with Crippen LogP contribution < -0.4 is 5.32 Å². The highest BCUT2D eigenvalue weighted by Crippen LogP contribution is 2.27. The number of rotatable bonds is 5. The molecule has 1 atom stereocenters. The molecule has 0 aliphatic rings. The van der Waals surface area contributed by atoms with Crippen molar-refractivity contribution >= 4 is 39.3 Å². The van der Waals surface area contributed by atoms with Crippen molar-refractivity contribution in [3.8, 4) is 11.7 Å². The molecule has 0 radical (unpaired) electrons. The number of amides is 1. The Hall–Kier alpha value is -2.06. The van der Waals surface area contributed by atoms with E-state index in [1.807, 2.05) is 24.3 Å².